The molecule has 1 aromatic carbocycles. The number of nitrogens with zero attached hydrogens (tertiary/aromatic N) is 2. The summed E-state index contributed by atoms with van der Waals surface area (Å²) < 4.78 is 1.71. The number of amides is 1. The minimum absolute atomic E-state index is 0.0901. The maximum absolute atomic E-state index is 11.8. The van der Waals surface area contributed by atoms with E-state index in [2.05, 4.69) is 10.3 Å². The van der Waals surface area contributed by atoms with Gasteiger partial charge < -0.3 is 20.7 Å². The van der Waals surface area contributed by atoms with Crippen LogP contribution in [0.3, 0.4) is 0 Å². The zero-order valence-electron chi connectivity index (χ0n) is 10.9. The van der Waals surface area contributed by atoms with Gasteiger partial charge in [0.25, 0.3) is 0 Å². The number of carbonyl (C=O) groups is 1. The first-order valence-corrected chi connectivity index (χ1v) is 6.28. The Balaban J connectivity index is 2.32. The SMILES string of the molecule is CCCNC(=O)Cn1c(CO)nc2cc(N)ccc21. The van der Waals surface area contributed by atoms with Gasteiger partial charge in [0, 0.05) is 12.2 Å². The van der Waals surface area contributed by atoms with Gasteiger partial charge in [-0.3, -0.25) is 4.79 Å². The van der Waals surface area contributed by atoms with Crippen LogP contribution < -0.4 is 11.1 Å². The second-order valence-electron chi connectivity index (χ2n) is 4.37. The summed E-state index contributed by atoms with van der Waals surface area (Å²) in [5.74, 6) is 0.375. The van der Waals surface area contributed by atoms with E-state index in [4.69, 9.17) is 5.73 Å². The number of hydrogen-bond donors (Lipinski definition) is 3. The minimum Gasteiger partial charge on any atom is -0.399 e. The van der Waals surface area contributed by atoms with Gasteiger partial charge in [0.05, 0.1) is 11.0 Å². The van der Waals surface area contributed by atoms with E-state index >= 15 is 0 Å². The van der Waals surface area contributed by atoms with Crippen LogP contribution in [0.25, 0.3) is 11.0 Å². The van der Waals surface area contributed by atoms with Crippen molar-refractivity contribution in [1.82, 2.24) is 14.9 Å². The number of nitrogen functional groups attached to an aromatic ring is 1. The fourth-order valence-corrected chi connectivity index (χ4v) is 1.96. The topological polar surface area (TPSA) is 93.2 Å². The molecule has 1 aromatic heterocycles. The smallest absolute Gasteiger partial charge is 0.240 e. The number of aliphatic hydroxyl groups is 1. The van der Waals surface area contributed by atoms with Crippen LogP contribution in [0.5, 0.6) is 0 Å². The first-order valence-electron chi connectivity index (χ1n) is 6.28. The van der Waals surface area contributed by atoms with E-state index < -0.39 is 0 Å². The molecule has 4 N–H and O–H groups in total. The van der Waals surface area contributed by atoms with Crippen LogP contribution in [0.1, 0.15) is 19.2 Å². The minimum atomic E-state index is -0.213. The molecule has 0 saturated carbocycles. The van der Waals surface area contributed by atoms with Crippen LogP contribution in [0.15, 0.2) is 18.2 Å². The van der Waals surface area contributed by atoms with Gasteiger partial charge in [-0.2, -0.15) is 0 Å². The third kappa shape index (κ3) is 2.85. The molecule has 0 fully saturated rings. The highest BCUT2D eigenvalue weighted by Crippen LogP contribution is 2.19. The summed E-state index contributed by atoms with van der Waals surface area (Å²) in [5, 5.41) is 12.1. The average molecular weight is 262 g/mol. The van der Waals surface area contributed by atoms with Crippen LogP contribution >= 0.6 is 0 Å². The molecule has 0 atom stereocenters. The van der Waals surface area contributed by atoms with E-state index in [1.807, 2.05) is 13.0 Å². The molecule has 1 amide bonds. The second-order valence-corrected chi connectivity index (χ2v) is 4.37. The molecular formula is C13H18N4O2. The summed E-state index contributed by atoms with van der Waals surface area (Å²) in [4.78, 5) is 16.1. The highest BCUT2D eigenvalue weighted by molar-refractivity contribution is 5.83. The fourth-order valence-electron chi connectivity index (χ4n) is 1.96. The van der Waals surface area contributed by atoms with Crippen LogP contribution in [0.2, 0.25) is 0 Å². The largest absolute Gasteiger partial charge is 0.399 e. The molecule has 0 aliphatic heterocycles. The third-order valence-corrected chi connectivity index (χ3v) is 2.87. The molecule has 0 bridgehead atoms. The number of aromatic nitrogens is 2. The molecule has 0 unspecified atom stereocenters. The number of aliphatic hydroxyl groups excluding tert-OH is 1. The van der Waals surface area contributed by atoms with Gasteiger partial charge in [-0.15, -0.1) is 0 Å². The molecule has 0 aliphatic rings. The van der Waals surface area contributed by atoms with E-state index in [0.29, 0.717) is 23.6 Å². The normalized spacial score (nSPS) is 10.8. The average Bonchev–Trinajstić information content (AvgIpc) is 2.73. The zero-order valence-corrected chi connectivity index (χ0v) is 10.9. The number of hydrogen-bond acceptors (Lipinski definition) is 4. The van der Waals surface area contributed by atoms with E-state index in [9.17, 15) is 9.90 Å². The standard InChI is InChI=1S/C13H18N4O2/c1-2-5-15-13(19)7-17-11-4-3-9(14)6-10(11)16-12(17)8-18/h3-4,6,18H,2,5,7-8,14H2,1H3,(H,15,19). The summed E-state index contributed by atoms with van der Waals surface area (Å²) in [6, 6.07) is 5.30. The summed E-state index contributed by atoms with van der Waals surface area (Å²) in [6.07, 6.45) is 0.889. The molecule has 102 valence electrons. The summed E-state index contributed by atoms with van der Waals surface area (Å²) in [5.41, 5.74) is 7.79. The van der Waals surface area contributed by atoms with Gasteiger partial charge in [-0.1, -0.05) is 6.92 Å². The van der Waals surface area contributed by atoms with Gasteiger partial charge >= 0.3 is 0 Å². The van der Waals surface area contributed by atoms with Crippen LogP contribution in [0.4, 0.5) is 5.69 Å². The summed E-state index contributed by atoms with van der Waals surface area (Å²) in [6.45, 7) is 2.58. The molecule has 0 saturated heterocycles. The first-order chi connectivity index (χ1) is 9.15. The third-order valence-electron chi connectivity index (χ3n) is 2.87. The number of nitrogens with one attached hydrogen (secondary N) is 1. The Bertz CT molecular complexity index is 592. The Morgan fingerprint density at radius 1 is 1.53 bits per heavy atom. The number of benzene rings is 1. The molecule has 0 radical (unpaired) electrons. The lowest BCUT2D eigenvalue weighted by molar-refractivity contribution is -0.121. The van der Waals surface area contributed by atoms with Crippen molar-refractivity contribution < 1.29 is 9.90 Å². The zero-order chi connectivity index (χ0) is 13.8. The molecule has 2 rings (SSSR count). The molecule has 0 aliphatic carbocycles. The van der Waals surface area contributed by atoms with Crippen molar-refractivity contribution in [3.05, 3.63) is 24.0 Å². The predicted molar refractivity (Wildman–Crippen MR) is 73.4 cm³/mol. The highest BCUT2D eigenvalue weighted by Gasteiger charge is 2.12. The molecule has 19 heavy (non-hydrogen) atoms. The number of fused-ring (bicyclic) bond motifs is 1. The van der Waals surface area contributed by atoms with Gasteiger partial charge in [0.1, 0.15) is 19.0 Å². The Morgan fingerprint density at radius 2 is 2.32 bits per heavy atom. The predicted octanol–water partition coefficient (Wildman–Crippen LogP) is 0.637. The van der Waals surface area contributed by atoms with Gasteiger partial charge in [0.15, 0.2) is 0 Å². The fraction of sp³-hybridized carbons (Fsp3) is 0.385. The number of imidazole rings is 1. The van der Waals surface area contributed by atoms with Crippen molar-refractivity contribution in [3.63, 3.8) is 0 Å². The molecule has 6 nitrogen and oxygen atoms in total. The Morgan fingerprint density at radius 3 is 3.00 bits per heavy atom. The van der Waals surface area contributed by atoms with Crippen molar-refractivity contribution in [2.45, 2.75) is 26.5 Å². The second kappa shape index (κ2) is 5.71. The van der Waals surface area contributed by atoms with Crippen molar-refractivity contribution in [2.24, 2.45) is 0 Å². The maximum atomic E-state index is 11.8. The Kier molecular flexibility index (Phi) is 4.01. The quantitative estimate of drug-likeness (QED) is 0.689. The number of carbonyl (C=O) groups excluding carboxylic acids is 1. The molecule has 6 heteroatoms. The van der Waals surface area contributed by atoms with E-state index in [0.717, 1.165) is 11.9 Å². The molecular weight excluding hydrogens is 244 g/mol. The van der Waals surface area contributed by atoms with E-state index in [-0.39, 0.29) is 19.1 Å². The molecule has 0 spiro atoms. The van der Waals surface area contributed by atoms with Crippen molar-refractivity contribution >= 4 is 22.6 Å². The number of rotatable bonds is 5. The van der Waals surface area contributed by atoms with Gasteiger partial charge in [-0.05, 0) is 24.6 Å². The van der Waals surface area contributed by atoms with E-state index in [1.54, 1.807) is 16.7 Å². The lowest BCUT2D eigenvalue weighted by Gasteiger charge is -2.08. The molecule has 1 heterocycles. The lowest BCUT2D eigenvalue weighted by atomic mass is 10.3. The van der Waals surface area contributed by atoms with Crippen LogP contribution in [-0.2, 0) is 17.9 Å². The first kappa shape index (κ1) is 13.4. The van der Waals surface area contributed by atoms with Crippen LogP contribution in [-0.4, -0.2) is 27.1 Å². The maximum Gasteiger partial charge on any atom is 0.240 e. The summed E-state index contributed by atoms with van der Waals surface area (Å²) in [7, 11) is 0. The number of anilines is 1. The Labute approximate surface area is 111 Å². The van der Waals surface area contributed by atoms with Crippen molar-refractivity contribution in [1.29, 1.82) is 0 Å². The van der Waals surface area contributed by atoms with Gasteiger partial charge in [-0.25, -0.2) is 4.98 Å². The molecule has 2 aromatic rings. The Hall–Kier alpha value is -2.08. The van der Waals surface area contributed by atoms with Crippen molar-refractivity contribution in [3.8, 4) is 0 Å². The van der Waals surface area contributed by atoms with E-state index in [1.165, 1.54) is 0 Å². The summed E-state index contributed by atoms with van der Waals surface area (Å²) >= 11 is 0. The lowest BCUT2D eigenvalue weighted by Crippen LogP contribution is -2.28. The van der Waals surface area contributed by atoms with Gasteiger partial charge in [0.2, 0.25) is 5.91 Å². The number of nitrogens with two attached hydrogens (primary N) is 1. The highest BCUT2D eigenvalue weighted by atomic mass is 16.3. The van der Waals surface area contributed by atoms with Crippen molar-refractivity contribution in [2.75, 3.05) is 12.3 Å². The monoisotopic (exact) mass is 262 g/mol. The van der Waals surface area contributed by atoms with Crippen LogP contribution in [0, 0.1) is 0 Å².